The van der Waals surface area contributed by atoms with Crippen molar-refractivity contribution in [2.24, 2.45) is 0 Å². The predicted molar refractivity (Wildman–Crippen MR) is 86.3 cm³/mol. The van der Waals surface area contributed by atoms with E-state index in [2.05, 4.69) is 17.6 Å². The van der Waals surface area contributed by atoms with E-state index >= 15 is 0 Å². The van der Waals surface area contributed by atoms with Crippen LogP contribution in [0.4, 0.5) is 5.69 Å². The van der Waals surface area contributed by atoms with Gasteiger partial charge in [0.15, 0.2) is 0 Å². The zero-order valence-electron chi connectivity index (χ0n) is 12.8. The van der Waals surface area contributed by atoms with Gasteiger partial charge in [-0.15, -0.1) is 0 Å². The van der Waals surface area contributed by atoms with Gasteiger partial charge in [-0.05, 0) is 50.3 Å². The van der Waals surface area contributed by atoms with Crippen molar-refractivity contribution < 1.29 is 4.74 Å². The number of hydrogen-bond donors (Lipinski definition) is 1. The molecule has 1 aromatic heterocycles. The van der Waals surface area contributed by atoms with Gasteiger partial charge < -0.3 is 15.0 Å². The van der Waals surface area contributed by atoms with Crippen molar-refractivity contribution in [1.82, 2.24) is 9.55 Å². The van der Waals surface area contributed by atoms with E-state index in [1.165, 1.54) is 30.6 Å². The number of nitrogens with two attached hydrogens (primary N) is 1. The molecule has 1 aromatic carbocycles. The topological polar surface area (TPSA) is 53.1 Å². The molecular weight excluding hydrogens is 262 g/mol. The van der Waals surface area contributed by atoms with Crippen LogP contribution in [0.5, 0.6) is 0 Å². The summed E-state index contributed by atoms with van der Waals surface area (Å²) in [7, 11) is 0. The number of nitrogens with zero attached hydrogens (tertiary/aromatic N) is 2. The molecule has 0 aliphatic carbocycles. The zero-order chi connectivity index (χ0) is 14.7. The van der Waals surface area contributed by atoms with Crippen molar-refractivity contribution in [3.63, 3.8) is 0 Å². The minimum absolute atomic E-state index is 0.416. The van der Waals surface area contributed by atoms with Crippen LogP contribution in [0.25, 0.3) is 11.0 Å². The number of aromatic nitrogens is 2. The van der Waals surface area contributed by atoms with Crippen molar-refractivity contribution >= 4 is 16.7 Å². The first kappa shape index (κ1) is 14.4. The van der Waals surface area contributed by atoms with Gasteiger partial charge in [-0.1, -0.05) is 6.92 Å². The highest BCUT2D eigenvalue weighted by Crippen LogP contribution is 2.22. The van der Waals surface area contributed by atoms with E-state index in [1.807, 2.05) is 12.1 Å². The molecule has 1 aliphatic rings. The van der Waals surface area contributed by atoms with Gasteiger partial charge in [-0.2, -0.15) is 0 Å². The third kappa shape index (κ3) is 3.21. The number of nitrogen functional groups attached to an aromatic ring is 1. The van der Waals surface area contributed by atoms with Gasteiger partial charge in [0.25, 0.3) is 0 Å². The second-order valence-corrected chi connectivity index (χ2v) is 5.96. The number of fused-ring (bicyclic) bond motifs is 1. The monoisotopic (exact) mass is 287 g/mol. The molecule has 114 valence electrons. The third-order valence-electron chi connectivity index (χ3n) is 4.27. The fraction of sp³-hybridized carbons (Fsp3) is 0.588. The molecule has 1 atom stereocenters. The average molecular weight is 287 g/mol. The van der Waals surface area contributed by atoms with Gasteiger partial charge in [0.05, 0.1) is 17.1 Å². The van der Waals surface area contributed by atoms with Crippen molar-refractivity contribution in [3.05, 3.63) is 24.0 Å². The molecule has 21 heavy (non-hydrogen) atoms. The number of anilines is 1. The Bertz CT molecular complexity index is 599. The van der Waals surface area contributed by atoms with Gasteiger partial charge in [0, 0.05) is 25.3 Å². The summed E-state index contributed by atoms with van der Waals surface area (Å²) in [5.74, 6) is 1.17. The summed E-state index contributed by atoms with van der Waals surface area (Å²) in [6.45, 7) is 4.11. The second kappa shape index (κ2) is 6.48. The Hall–Kier alpha value is -1.55. The van der Waals surface area contributed by atoms with Crippen LogP contribution in [0.15, 0.2) is 18.2 Å². The summed E-state index contributed by atoms with van der Waals surface area (Å²) in [4.78, 5) is 4.77. The van der Waals surface area contributed by atoms with Crippen LogP contribution in [-0.2, 0) is 17.7 Å². The van der Waals surface area contributed by atoms with Gasteiger partial charge in [-0.3, -0.25) is 0 Å². The molecule has 0 saturated carbocycles. The zero-order valence-corrected chi connectivity index (χ0v) is 12.8. The van der Waals surface area contributed by atoms with Crippen LogP contribution in [0.3, 0.4) is 0 Å². The number of aryl methyl sites for hydroxylation is 2. The lowest BCUT2D eigenvalue weighted by atomic mass is 10.1. The maximum Gasteiger partial charge on any atom is 0.109 e. The molecule has 2 heterocycles. The molecule has 4 nitrogen and oxygen atoms in total. The molecular formula is C17H25N3O. The van der Waals surface area contributed by atoms with E-state index in [1.54, 1.807) is 0 Å². The van der Waals surface area contributed by atoms with E-state index in [9.17, 15) is 0 Å². The van der Waals surface area contributed by atoms with Crippen molar-refractivity contribution in [2.75, 3.05) is 12.3 Å². The molecule has 1 saturated heterocycles. The lowest BCUT2D eigenvalue weighted by Gasteiger charge is -2.23. The first-order valence-corrected chi connectivity index (χ1v) is 8.14. The van der Waals surface area contributed by atoms with Crippen LogP contribution in [0.2, 0.25) is 0 Å². The van der Waals surface area contributed by atoms with Gasteiger partial charge in [-0.25, -0.2) is 4.98 Å². The normalized spacial score (nSPS) is 19.2. The Morgan fingerprint density at radius 3 is 3.05 bits per heavy atom. The molecule has 4 heteroatoms. The molecule has 0 spiro atoms. The van der Waals surface area contributed by atoms with E-state index < -0.39 is 0 Å². The Balaban J connectivity index is 1.82. The van der Waals surface area contributed by atoms with E-state index in [0.717, 1.165) is 43.6 Å². The number of ether oxygens (including phenoxy) is 1. The first-order chi connectivity index (χ1) is 10.3. The highest BCUT2D eigenvalue weighted by atomic mass is 16.5. The Morgan fingerprint density at radius 2 is 2.29 bits per heavy atom. The molecule has 3 rings (SSSR count). The largest absolute Gasteiger partial charge is 0.399 e. The summed E-state index contributed by atoms with van der Waals surface area (Å²) in [5, 5.41) is 0. The molecule has 2 aromatic rings. The summed E-state index contributed by atoms with van der Waals surface area (Å²) < 4.78 is 8.21. The number of hydrogen-bond acceptors (Lipinski definition) is 3. The molecule has 1 fully saturated rings. The number of rotatable bonds is 5. The second-order valence-electron chi connectivity index (χ2n) is 5.96. The predicted octanol–water partition coefficient (Wildman–Crippen LogP) is 3.53. The Morgan fingerprint density at radius 1 is 1.38 bits per heavy atom. The number of imidazole rings is 1. The standard InChI is InChI=1S/C17H25N3O/c1-2-5-17-19-15-12-13(18)7-8-16(15)20(17)10-9-14-6-3-4-11-21-14/h7-8,12,14H,2-6,9-11,18H2,1H3. The molecule has 0 radical (unpaired) electrons. The van der Waals surface area contributed by atoms with E-state index in [4.69, 9.17) is 15.5 Å². The quantitative estimate of drug-likeness (QED) is 0.856. The van der Waals surface area contributed by atoms with Crippen molar-refractivity contribution in [2.45, 2.75) is 58.1 Å². The Kier molecular flexibility index (Phi) is 4.44. The van der Waals surface area contributed by atoms with Gasteiger partial charge >= 0.3 is 0 Å². The maximum atomic E-state index is 5.88. The lowest BCUT2D eigenvalue weighted by molar-refractivity contribution is 0.00887. The molecule has 0 amide bonds. The summed E-state index contributed by atoms with van der Waals surface area (Å²) in [5.41, 5.74) is 8.88. The number of benzene rings is 1. The van der Waals surface area contributed by atoms with Crippen molar-refractivity contribution in [3.8, 4) is 0 Å². The minimum atomic E-state index is 0.416. The smallest absolute Gasteiger partial charge is 0.109 e. The minimum Gasteiger partial charge on any atom is -0.399 e. The van der Waals surface area contributed by atoms with Crippen LogP contribution < -0.4 is 5.73 Å². The van der Waals surface area contributed by atoms with E-state index in [0.29, 0.717) is 6.10 Å². The SMILES string of the molecule is CCCc1nc2cc(N)ccc2n1CCC1CCCCO1. The molecule has 2 N–H and O–H groups in total. The van der Waals surface area contributed by atoms with Crippen LogP contribution in [0.1, 0.15) is 44.9 Å². The molecule has 1 unspecified atom stereocenters. The summed E-state index contributed by atoms with van der Waals surface area (Å²) >= 11 is 0. The van der Waals surface area contributed by atoms with Crippen molar-refractivity contribution in [1.29, 1.82) is 0 Å². The van der Waals surface area contributed by atoms with Crippen LogP contribution in [0, 0.1) is 0 Å². The third-order valence-corrected chi connectivity index (χ3v) is 4.27. The van der Waals surface area contributed by atoms with Crippen LogP contribution >= 0.6 is 0 Å². The van der Waals surface area contributed by atoms with Gasteiger partial charge in [0.2, 0.25) is 0 Å². The fourth-order valence-electron chi connectivity index (χ4n) is 3.17. The van der Waals surface area contributed by atoms with E-state index in [-0.39, 0.29) is 0 Å². The van der Waals surface area contributed by atoms with Gasteiger partial charge in [0.1, 0.15) is 5.82 Å². The summed E-state index contributed by atoms with van der Waals surface area (Å²) in [6.07, 6.45) is 7.33. The summed E-state index contributed by atoms with van der Waals surface area (Å²) in [6, 6.07) is 6.04. The highest BCUT2D eigenvalue weighted by molar-refractivity contribution is 5.79. The molecule has 0 bridgehead atoms. The first-order valence-electron chi connectivity index (χ1n) is 8.14. The highest BCUT2D eigenvalue weighted by Gasteiger charge is 2.16. The maximum absolute atomic E-state index is 5.88. The average Bonchev–Trinajstić information content (AvgIpc) is 2.83. The molecule has 1 aliphatic heterocycles. The fourth-order valence-corrected chi connectivity index (χ4v) is 3.17. The Labute approximate surface area is 126 Å². The lowest BCUT2D eigenvalue weighted by Crippen LogP contribution is -2.21. The van der Waals surface area contributed by atoms with Crippen LogP contribution in [-0.4, -0.2) is 22.3 Å².